The van der Waals surface area contributed by atoms with Crippen LogP contribution in [-0.2, 0) is 6.42 Å². The van der Waals surface area contributed by atoms with Crippen LogP contribution in [0.4, 0.5) is 0 Å². The van der Waals surface area contributed by atoms with Gasteiger partial charge in [-0.1, -0.05) is 20.8 Å². The number of rotatable bonds is 2. The van der Waals surface area contributed by atoms with Crippen LogP contribution in [0.1, 0.15) is 38.1 Å². The lowest BCUT2D eigenvalue weighted by Crippen LogP contribution is -1.96. The molecule has 2 heterocycles. The van der Waals surface area contributed by atoms with Gasteiger partial charge in [-0.25, -0.2) is 9.97 Å². The minimum atomic E-state index is 0.464. The molecule has 0 saturated carbocycles. The van der Waals surface area contributed by atoms with Crippen molar-refractivity contribution in [2.24, 2.45) is 0 Å². The van der Waals surface area contributed by atoms with Gasteiger partial charge >= 0.3 is 0 Å². The van der Waals surface area contributed by atoms with Crippen LogP contribution in [0.15, 0.2) is 18.5 Å². The lowest BCUT2D eigenvalue weighted by molar-refractivity contribution is 0.805. The van der Waals surface area contributed by atoms with Gasteiger partial charge in [0.2, 0.25) is 5.78 Å². The Kier molecular flexibility index (Phi) is 2.23. The van der Waals surface area contributed by atoms with Gasteiger partial charge in [0, 0.05) is 18.1 Å². The van der Waals surface area contributed by atoms with E-state index in [0.717, 1.165) is 12.2 Å². The molecule has 0 unspecified atom stereocenters. The number of aryl methyl sites for hydroxylation is 1. The Labute approximate surface area is 83.8 Å². The third-order valence-corrected chi connectivity index (χ3v) is 2.42. The molecule has 0 aliphatic carbocycles. The van der Waals surface area contributed by atoms with Crippen LogP contribution < -0.4 is 0 Å². The van der Waals surface area contributed by atoms with Crippen molar-refractivity contribution in [3.05, 3.63) is 29.8 Å². The normalized spacial score (nSPS) is 11.4. The summed E-state index contributed by atoms with van der Waals surface area (Å²) in [5.41, 5.74) is 2.45. The predicted octanol–water partition coefficient (Wildman–Crippen LogP) is 2.42. The summed E-state index contributed by atoms with van der Waals surface area (Å²) in [5, 5.41) is 0. The van der Waals surface area contributed by atoms with E-state index < -0.39 is 0 Å². The number of hydrogen-bond donors (Lipinski definition) is 0. The number of fused-ring (bicyclic) bond motifs is 1. The van der Waals surface area contributed by atoms with Gasteiger partial charge in [-0.05, 0) is 18.4 Å². The van der Waals surface area contributed by atoms with Crippen LogP contribution in [-0.4, -0.2) is 14.4 Å². The van der Waals surface area contributed by atoms with Crippen molar-refractivity contribution in [3.8, 4) is 0 Å². The van der Waals surface area contributed by atoms with Crippen molar-refractivity contribution < 1.29 is 0 Å². The molecular formula is C11H15N3. The molecule has 0 bridgehead atoms. The number of aromatic nitrogens is 3. The molecule has 2 rings (SSSR count). The zero-order valence-corrected chi connectivity index (χ0v) is 8.86. The molecule has 2 aromatic rings. The molecule has 3 heteroatoms. The molecule has 3 nitrogen and oxygen atoms in total. The Morgan fingerprint density at radius 3 is 2.86 bits per heavy atom. The van der Waals surface area contributed by atoms with Crippen LogP contribution in [0.3, 0.4) is 0 Å². The molecule has 0 amide bonds. The lowest BCUT2D eigenvalue weighted by atomic mass is 10.1. The van der Waals surface area contributed by atoms with Crippen molar-refractivity contribution >= 4 is 5.78 Å². The third kappa shape index (κ3) is 1.29. The van der Waals surface area contributed by atoms with Gasteiger partial charge in [0.1, 0.15) is 0 Å². The molecular weight excluding hydrogens is 174 g/mol. The summed E-state index contributed by atoms with van der Waals surface area (Å²) >= 11 is 0. The van der Waals surface area contributed by atoms with E-state index in [1.165, 1.54) is 11.4 Å². The van der Waals surface area contributed by atoms with Gasteiger partial charge in [0.15, 0.2) is 0 Å². The number of imidazole rings is 1. The third-order valence-electron chi connectivity index (χ3n) is 2.42. The van der Waals surface area contributed by atoms with Crippen LogP contribution in [0.5, 0.6) is 0 Å². The Hall–Kier alpha value is -1.38. The molecule has 0 fully saturated rings. The van der Waals surface area contributed by atoms with Gasteiger partial charge in [0.05, 0.1) is 5.69 Å². The molecule has 0 saturated heterocycles. The van der Waals surface area contributed by atoms with E-state index in [1.807, 2.05) is 12.3 Å². The molecule has 74 valence electrons. The van der Waals surface area contributed by atoms with E-state index in [4.69, 9.17) is 0 Å². The van der Waals surface area contributed by atoms with Crippen LogP contribution >= 0.6 is 0 Å². The zero-order valence-electron chi connectivity index (χ0n) is 8.86. The topological polar surface area (TPSA) is 30.2 Å². The summed E-state index contributed by atoms with van der Waals surface area (Å²) in [6, 6.07) is 1.94. The van der Waals surface area contributed by atoms with Crippen LogP contribution in [0.2, 0.25) is 0 Å². The maximum absolute atomic E-state index is 4.53. The fraction of sp³-hybridized carbons (Fsp3) is 0.455. The average molecular weight is 189 g/mol. The average Bonchev–Trinajstić information content (AvgIpc) is 2.56. The first-order valence-electron chi connectivity index (χ1n) is 5.06. The molecule has 0 aliphatic heterocycles. The smallest absolute Gasteiger partial charge is 0.234 e. The van der Waals surface area contributed by atoms with E-state index in [9.17, 15) is 0 Å². The van der Waals surface area contributed by atoms with Crippen molar-refractivity contribution in [2.75, 3.05) is 0 Å². The molecule has 0 atom stereocenters. The number of nitrogens with zero attached hydrogens (tertiary/aromatic N) is 3. The fourth-order valence-corrected chi connectivity index (χ4v) is 1.77. The first-order chi connectivity index (χ1) is 6.74. The summed E-state index contributed by atoms with van der Waals surface area (Å²) in [5.74, 6) is 1.28. The first kappa shape index (κ1) is 9.19. The van der Waals surface area contributed by atoms with Crippen molar-refractivity contribution in [1.82, 2.24) is 14.4 Å². The SMILES string of the molecule is CCc1c(C(C)C)nc2ncccn12. The summed E-state index contributed by atoms with van der Waals surface area (Å²) in [6.45, 7) is 6.49. The van der Waals surface area contributed by atoms with Crippen LogP contribution in [0.25, 0.3) is 5.78 Å². The van der Waals surface area contributed by atoms with Crippen molar-refractivity contribution in [1.29, 1.82) is 0 Å². The monoisotopic (exact) mass is 189 g/mol. The van der Waals surface area contributed by atoms with Crippen molar-refractivity contribution in [2.45, 2.75) is 33.1 Å². The highest BCUT2D eigenvalue weighted by Crippen LogP contribution is 2.19. The van der Waals surface area contributed by atoms with E-state index in [1.54, 1.807) is 6.20 Å². The quantitative estimate of drug-likeness (QED) is 0.726. The predicted molar refractivity (Wildman–Crippen MR) is 56.5 cm³/mol. The maximum Gasteiger partial charge on any atom is 0.234 e. The van der Waals surface area contributed by atoms with E-state index >= 15 is 0 Å². The molecule has 0 aromatic carbocycles. The minimum absolute atomic E-state index is 0.464. The lowest BCUT2D eigenvalue weighted by Gasteiger charge is -2.03. The molecule has 0 radical (unpaired) electrons. The molecule has 0 spiro atoms. The summed E-state index contributed by atoms with van der Waals surface area (Å²) < 4.78 is 2.08. The Balaban J connectivity index is 2.72. The standard InChI is InChI=1S/C11H15N3/c1-4-9-10(8(2)3)13-11-12-6-5-7-14(9)11/h5-8H,4H2,1-3H3. The first-order valence-corrected chi connectivity index (χ1v) is 5.06. The fourth-order valence-electron chi connectivity index (χ4n) is 1.77. The van der Waals surface area contributed by atoms with Gasteiger partial charge in [0.25, 0.3) is 0 Å². The molecule has 0 aliphatic rings. The van der Waals surface area contributed by atoms with Crippen molar-refractivity contribution in [3.63, 3.8) is 0 Å². The maximum atomic E-state index is 4.53. The second-order valence-corrected chi connectivity index (χ2v) is 3.74. The number of hydrogen-bond acceptors (Lipinski definition) is 2. The highest BCUT2D eigenvalue weighted by molar-refractivity contribution is 5.36. The molecule has 2 aromatic heterocycles. The Morgan fingerprint density at radius 1 is 1.43 bits per heavy atom. The molecule has 0 N–H and O–H groups in total. The van der Waals surface area contributed by atoms with Gasteiger partial charge in [-0.3, -0.25) is 4.40 Å². The minimum Gasteiger partial charge on any atom is -0.288 e. The van der Waals surface area contributed by atoms with Gasteiger partial charge in [-0.15, -0.1) is 0 Å². The van der Waals surface area contributed by atoms with E-state index in [2.05, 4.69) is 35.1 Å². The molecule has 14 heavy (non-hydrogen) atoms. The highest BCUT2D eigenvalue weighted by atomic mass is 15.1. The van der Waals surface area contributed by atoms with E-state index in [0.29, 0.717) is 5.92 Å². The Bertz CT molecular complexity index is 443. The van der Waals surface area contributed by atoms with Gasteiger partial charge in [-0.2, -0.15) is 0 Å². The van der Waals surface area contributed by atoms with Crippen LogP contribution in [0, 0.1) is 0 Å². The Morgan fingerprint density at radius 2 is 2.21 bits per heavy atom. The second kappa shape index (κ2) is 3.40. The van der Waals surface area contributed by atoms with E-state index in [-0.39, 0.29) is 0 Å². The zero-order chi connectivity index (χ0) is 10.1. The second-order valence-electron chi connectivity index (χ2n) is 3.74. The summed E-state index contributed by atoms with van der Waals surface area (Å²) in [4.78, 5) is 8.78. The summed E-state index contributed by atoms with van der Waals surface area (Å²) in [6.07, 6.45) is 4.81. The highest BCUT2D eigenvalue weighted by Gasteiger charge is 2.13. The summed E-state index contributed by atoms with van der Waals surface area (Å²) in [7, 11) is 0. The largest absolute Gasteiger partial charge is 0.288 e. The van der Waals surface area contributed by atoms with Gasteiger partial charge < -0.3 is 0 Å².